The van der Waals surface area contributed by atoms with Crippen molar-refractivity contribution in [2.45, 2.75) is 44.1 Å². The van der Waals surface area contributed by atoms with Gasteiger partial charge in [0, 0.05) is 19.5 Å². The van der Waals surface area contributed by atoms with Crippen LogP contribution in [0.2, 0.25) is 0 Å². The van der Waals surface area contributed by atoms with E-state index in [4.69, 9.17) is 9.47 Å². The number of hydrogen-bond donors (Lipinski definition) is 1. The Kier molecular flexibility index (Phi) is 6.36. The lowest BCUT2D eigenvalue weighted by atomic mass is 9.68. The van der Waals surface area contributed by atoms with E-state index in [9.17, 15) is 14.7 Å². The van der Waals surface area contributed by atoms with Crippen LogP contribution in [-0.2, 0) is 21.5 Å². The van der Waals surface area contributed by atoms with Crippen LogP contribution >= 0.6 is 0 Å². The van der Waals surface area contributed by atoms with Crippen molar-refractivity contribution in [1.82, 2.24) is 9.80 Å². The molecule has 1 aliphatic heterocycles. The lowest BCUT2D eigenvalue weighted by molar-refractivity contribution is -0.147. The van der Waals surface area contributed by atoms with Gasteiger partial charge < -0.3 is 24.4 Å². The molecule has 0 bridgehead atoms. The maximum absolute atomic E-state index is 13.2. The molecule has 3 rings (SSSR count). The molecule has 0 saturated heterocycles. The average Bonchev–Trinajstić information content (AvgIpc) is 2.71. The lowest BCUT2D eigenvalue weighted by Gasteiger charge is -2.51. The van der Waals surface area contributed by atoms with Crippen LogP contribution in [0.4, 0.5) is 0 Å². The number of benzene rings is 1. The fraction of sp³-hybridized carbons (Fsp3) is 0.636. The van der Waals surface area contributed by atoms with Crippen molar-refractivity contribution in [2.75, 3.05) is 41.4 Å². The fourth-order valence-electron chi connectivity index (χ4n) is 4.85. The maximum Gasteiger partial charge on any atom is 0.306 e. The summed E-state index contributed by atoms with van der Waals surface area (Å²) in [6.07, 6.45) is 3.66. The van der Waals surface area contributed by atoms with Gasteiger partial charge in [-0.25, -0.2) is 0 Å². The van der Waals surface area contributed by atoms with Crippen molar-refractivity contribution >= 4 is 11.9 Å². The number of carboxylic acids is 1. The smallest absolute Gasteiger partial charge is 0.306 e. The summed E-state index contributed by atoms with van der Waals surface area (Å²) in [6, 6.07) is 4.02. The second-order valence-corrected chi connectivity index (χ2v) is 8.36. The van der Waals surface area contributed by atoms with Gasteiger partial charge in [0.25, 0.3) is 0 Å². The zero-order valence-corrected chi connectivity index (χ0v) is 17.9. The summed E-state index contributed by atoms with van der Waals surface area (Å²) < 4.78 is 11.0. The highest BCUT2D eigenvalue weighted by Crippen LogP contribution is 2.50. The number of hydrogen-bond acceptors (Lipinski definition) is 5. The Morgan fingerprint density at radius 3 is 2.34 bits per heavy atom. The van der Waals surface area contributed by atoms with Crippen LogP contribution in [0.25, 0.3) is 0 Å². The van der Waals surface area contributed by atoms with E-state index < -0.39 is 11.5 Å². The van der Waals surface area contributed by atoms with Crippen LogP contribution in [-0.4, -0.2) is 68.2 Å². The standard InChI is InChI=1S/C22H32N2O5/c1-23(2)11-8-20(25)24-12-7-16-13-18(28-3)19(29-4)14-17(16)22(24)9-5-15(6-10-22)21(26)27/h13-15H,5-12H2,1-4H3,(H,26,27). The highest BCUT2D eigenvalue weighted by atomic mass is 16.5. The molecule has 0 radical (unpaired) electrons. The van der Waals surface area contributed by atoms with E-state index in [1.807, 2.05) is 36.0 Å². The van der Waals surface area contributed by atoms with E-state index >= 15 is 0 Å². The van der Waals surface area contributed by atoms with Crippen molar-refractivity contribution in [1.29, 1.82) is 0 Å². The van der Waals surface area contributed by atoms with E-state index in [0.717, 1.165) is 17.5 Å². The number of carbonyl (C=O) groups is 2. The molecule has 0 aromatic heterocycles. The zero-order valence-electron chi connectivity index (χ0n) is 17.9. The Morgan fingerprint density at radius 2 is 1.79 bits per heavy atom. The summed E-state index contributed by atoms with van der Waals surface area (Å²) in [4.78, 5) is 28.8. The predicted molar refractivity (Wildman–Crippen MR) is 109 cm³/mol. The topological polar surface area (TPSA) is 79.3 Å². The molecule has 1 aromatic carbocycles. The third-order valence-electron chi connectivity index (χ3n) is 6.47. The summed E-state index contributed by atoms with van der Waals surface area (Å²) in [6.45, 7) is 1.34. The molecule has 1 N–H and O–H groups in total. The summed E-state index contributed by atoms with van der Waals surface area (Å²) in [5, 5.41) is 9.47. The lowest BCUT2D eigenvalue weighted by Crippen LogP contribution is -2.55. The third kappa shape index (κ3) is 4.06. The molecule has 2 aliphatic rings. The zero-order chi connectivity index (χ0) is 21.2. The molecule has 1 fully saturated rings. The van der Waals surface area contributed by atoms with E-state index in [0.29, 0.717) is 56.7 Å². The molecule has 1 aliphatic carbocycles. The van der Waals surface area contributed by atoms with Gasteiger partial charge in [-0.05, 0) is 69.5 Å². The summed E-state index contributed by atoms with van der Waals surface area (Å²) in [5.41, 5.74) is 1.78. The third-order valence-corrected chi connectivity index (χ3v) is 6.47. The fourth-order valence-corrected chi connectivity index (χ4v) is 4.85. The van der Waals surface area contributed by atoms with Crippen molar-refractivity contribution < 1.29 is 24.2 Å². The van der Waals surface area contributed by atoms with Crippen LogP contribution in [0.3, 0.4) is 0 Å². The minimum atomic E-state index is -0.742. The maximum atomic E-state index is 13.2. The largest absolute Gasteiger partial charge is 0.493 e. The minimum absolute atomic E-state index is 0.132. The van der Waals surface area contributed by atoms with Gasteiger partial charge in [0.1, 0.15) is 0 Å². The quantitative estimate of drug-likeness (QED) is 0.785. The van der Waals surface area contributed by atoms with Gasteiger partial charge in [-0.15, -0.1) is 0 Å². The molecule has 7 heteroatoms. The van der Waals surface area contributed by atoms with Gasteiger partial charge >= 0.3 is 5.97 Å². The van der Waals surface area contributed by atoms with E-state index in [-0.39, 0.29) is 11.8 Å². The number of aliphatic carboxylic acids is 1. The number of amides is 1. The normalized spacial score (nSPS) is 23.8. The Bertz CT molecular complexity index is 769. The first-order valence-corrected chi connectivity index (χ1v) is 10.3. The Hall–Kier alpha value is -2.28. The van der Waals surface area contributed by atoms with Crippen LogP contribution in [0, 0.1) is 5.92 Å². The van der Waals surface area contributed by atoms with E-state index in [2.05, 4.69) is 0 Å². The molecule has 0 unspecified atom stereocenters. The molecule has 160 valence electrons. The molecule has 1 saturated carbocycles. The number of ether oxygens (including phenoxy) is 2. The molecule has 29 heavy (non-hydrogen) atoms. The van der Waals surface area contributed by atoms with Gasteiger partial charge in [0.2, 0.25) is 5.91 Å². The van der Waals surface area contributed by atoms with Crippen molar-refractivity contribution in [3.63, 3.8) is 0 Å². The summed E-state index contributed by atoms with van der Waals surface area (Å²) >= 11 is 0. The molecule has 1 spiro atoms. The molecule has 1 aromatic rings. The number of carboxylic acid groups (broad SMARTS) is 1. The molecular formula is C22H32N2O5. The van der Waals surface area contributed by atoms with Gasteiger partial charge in [-0.3, -0.25) is 9.59 Å². The molecule has 1 amide bonds. The summed E-state index contributed by atoms with van der Waals surface area (Å²) in [5.74, 6) is 0.382. The minimum Gasteiger partial charge on any atom is -0.493 e. The Balaban J connectivity index is 2.02. The van der Waals surface area contributed by atoms with Gasteiger partial charge in [-0.1, -0.05) is 0 Å². The van der Waals surface area contributed by atoms with Crippen LogP contribution in [0.15, 0.2) is 12.1 Å². The Labute approximate surface area is 172 Å². The van der Waals surface area contributed by atoms with Crippen LogP contribution < -0.4 is 9.47 Å². The second-order valence-electron chi connectivity index (χ2n) is 8.36. The van der Waals surface area contributed by atoms with Crippen molar-refractivity contribution in [2.24, 2.45) is 5.92 Å². The number of carbonyl (C=O) groups excluding carboxylic acids is 1. The average molecular weight is 405 g/mol. The van der Waals surface area contributed by atoms with Crippen molar-refractivity contribution in [3.05, 3.63) is 23.3 Å². The first-order valence-electron chi connectivity index (χ1n) is 10.3. The second kappa shape index (κ2) is 8.61. The number of nitrogens with zero attached hydrogens (tertiary/aromatic N) is 2. The number of fused-ring (bicyclic) bond motifs is 2. The monoisotopic (exact) mass is 404 g/mol. The number of rotatable bonds is 6. The first-order chi connectivity index (χ1) is 13.8. The molecular weight excluding hydrogens is 372 g/mol. The van der Waals surface area contributed by atoms with E-state index in [1.54, 1.807) is 14.2 Å². The van der Waals surface area contributed by atoms with Crippen molar-refractivity contribution in [3.8, 4) is 11.5 Å². The van der Waals surface area contributed by atoms with Gasteiger partial charge in [-0.2, -0.15) is 0 Å². The SMILES string of the molecule is COc1cc2c(cc1OC)C1(CCC(C(=O)O)CC1)N(C(=O)CCN(C)C)CC2. The molecule has 7 nitrogen and oxygen atoms in total. The van der Waals surface area contributed by atoms with Gasteiger partial charge in [0.05, 0.1) is 25.7 Å². The van der Waals surface area contributed by atoms with Crippen LogP contribution in [0.1, 0.15) is 43.2 Å². The summed E-state index contributed by atoms with van der Waals surface area (Å²) in [7, 11) is 7.16. The first kappa shape index (κ1) is 21.4. The predicted octanol–water partition coefficient (Wildman–Crippen LogP) is 2.51. The highest BCUT2D eigenvalue weighted by molar-refractivity contribution is 5.78. The van der Waals surface area contributed by atoms with Gasteiger partial charge in [0.15, 0.2) is 11.5 Å². The van der Waals surface area contributed by atoms with E-state index in [1.165, 1.54) is 0 Å². The number of methoxy groups -OCH3 is 2. The Morgan fingerprint density at radius 1 is 1.17 bits per heavy atom. The highest BCUT2D eigenvalue weighted by Gasteiger charge is 2.48. The van der Waals surface area contributed by atoms with Crippen LogP contribution in [0.5, 0.6) is 11.5 Å². The molecule has 0 atom stereocenters. The molecule has 1 heterocycles.